The van der Waals surface area contributed by atoms with Crippen molar-refractivity contribution in [2.45, 2.75) is 0 Å². The van der Waals surface area contributed by atoms with E-state index in [1.165, 1.54) is 18.6 Å². The molecule has 0 saturated heterocycles. The minimum absolute atomic E-state index is 0.243. The SMILES string of the molecule is NC(=S)c1ccc(NC(=O)c2cnccn2)c(Br)c1. The van der Waals surface area contributed by atoms with E-state index in [0.717, 1.165) is 5.56 Å². The molecule has 5 nitrogen and oxygen atoms in total. The predicted octanol–water partition coefficient (Wildman–Crippen LogP) is 2.13. The van der Waals surface area contributed by atoms with Crippen LogP contribution in [0.2, 0.25) is 0 Å². The van der Waals surface area contributed by atoms with E-state index in [0.29, 0.717) is 15.1 Å². The molecule has 0 aliphatic rings. The molecule has 0 aliphatic carbocycles. The summed E-state index contributed by atoms with van der Waals surface area (Å²) in [4.78, 5) is 20.0. The third-order valence-electron chi connectivity index (χ3n) is 2.30. The number of carbonyl (C=O) groups excluding carboxylic acids is 1. The van der Waals surface area contributed by atoms with E-state index in [9.17, 15) is 4.79 Å². The van der Waals surface area contributed by atoms with Gasteiger partial charge in [0.15, 0.2) is 0 Å². The van der Waals surface area contributed by atoms with Crippen LogP contribution < -0.4 is 11.1 Å². The summed E-state index contributed by atoms with van der Waals surface area (Å²) in [5, 5.41) is 2.72. The Labute approximate surface area is 123 Å². The third kappa shape index (κ3) is 3.33. The first-order valence-electron chi connectivity index (χ1n) is 5.24. The number of amides is 1. The van der Waals surface area contributed by atoms with Crippen LogP contribution in [0.25, 0.3) is 0 Å². The molecule has 19 heavy (non-hydrogen) atoms. The summed E-state index contributed by atoms with van der Waals surface area (Å²) in [6.07, 6.45) is 4.36. The number of anilines is 1. The Balaban J connectivity index is 2.20. The second-order valence-electron chi connectivity index (χ2n) is 3.60. The van der Waals surface area contributed by atoms with Crippen LogP contribution in [-0.4, -0.2) is 20.9 Å². The van der Waals surface area contributed by atoms with Crippen LogP contribution in [0.5, 0.6) is 0 Å². The van der Waals surface area contributed by atoms with E-state index in [1.807, 2.05) is 0 Å². The van der Waals surface area contributed by atoms with Crippen molar-refractivity contribution in [3.8, 4) is 0 Å². The van der Waals surface area contributed by atoms with Crippen LogP contribution in [0, 0.1) is 0 Å². The predicted molar refractivity (Wildman–Crippen MR) is 80.0 cm³/mol. The molecule has 1 aromatic carbocycles. The fourth-order valence-electron chi connectivity index (χ4n) is 1.37. The maximum Gasteiger partial charge on any atom is 0.275 e. The molecule has 2 rings (SSSR count). The summed E-state index contributed by atoms with van der Waals surface area (Å²) in [5.74, 6) is -0.336. The van der Waals surface area contributed by atoms with E-state index in [4.69, 9.17) is 18.0 Å². The molecule has 0 atom stereocenters. The van der Waals surface area contributed by atoms with Crippen molar-refractivity contribution in [1.82, 2.24) is 9.97 Å². The molecule has 3 N–H and O–H groups in total. The van der Waals surface area contributed by atoms with E-state index >= 15 is 0 Å². The second-order valence-corrected chi connectivity index (χ2v) is 4.90. The van der Waals surface area contributed by atoms with Gasteiger partial charge in [0, 0.05) is 22.4 Å². The van der Waals surface area contributed by atoms with Crippen LogP contribution in [0.3, 0.4) is 0 Å². The first kappa shape index (κ1) is 13.6. The fraction of sp³-hybridized carbons (Fsp3) is 0. The molecule has 0 saturated carbocycles. The molecule has 0 spiro atoms. The highest BCUT2D eigenvalue weighted by Gasteiger charge is 2.10. The summed E-state index contributed by atoms with van der Waals surface area (Å²) in [6.45, 7) is 0. The summed E-state index contributed by atoms with van der Waals surface area (Å²) >= 11 is 8.23. The Morgan fingerprint density at radius 1 is 1.37 bits per heavy atom. The van der Waals surface area contributed by atoms with Gasteiger partial charge < -0.3 is 11.1 Å². The number of halogens is 1. The van der Waals surface area contributed by atoms with Crippen molar-refractivity contribution >= 4 is 44.7 Å². The van der Waals surface area contributed by atoms with Crippen LogP contribution >= 0.6 is 28.1 Å². The van der Waals surface area contributed by atoms with Gasteiger partial charge in [0.05, 0.1) is 11.9 Å². The highest BCUT2D eigenvalue weighted by molar-refractivity contribution is 9.10. The molecule has 0 radical (unpaired) electrons. The number of hydrogen-bond donors (Lipinski definition) is 2. The van der Waals surface area contributed by atoms with Crippen LogP contribution in [-0.2, 0) is 0 Å². The van der Waals surface area contributed by atoms with Crippen molar-refractivity contribution < 1.29 is 4.79 Å². The van der Waals surface area contributed by atoms with Gasteiger partial charge >= 0.3 is 0 Å². The van der Waals surface area contributed by atoms with Crippen molar-refractivity contribution in [1.29, 1.82) is 0 Å². The summed E-state index contributed by atoms with van der Waals surface area (Å²) in [6, 6.07) is 5.20. The summed E-state index contributed by atoms with van der Waals surface area (Å²) in [5.41, 5.74) is 7.10. The number of rotatable bonds is 3. The molecular weight excluding hydrogens is 328 g/mol. The van der Waals surface area contributed by atoms with E-state index < -0.39 is 0 Å². The number of nitrogens with one attached hydrogen (secondary N) is 1. The van der Waals surface area contributed by atoms with Crippen LogP contribution in [0.1, 0.15) is 16.1 Å². The van der Waals surface area contributed by atoms with Gasteiger partial charge in [-0.15, -0.1) is 0 Å². The number of nitrogens with two attached hydrogens (primary N) is 1. The standard InChI is InChI=1S/C12H9BrN4OS/c13-8-5-7(11(14)19)1-2-9(8)17-12(18)10-6-15-3-4-16-10/h1-6H,(H2,14,19)(H,17,18). The number of carbonyl (C=O) groups is 1. The third-order valence-corrected chi connectivity index (χ3v) is 3.19. The molecular formula is C12H9BrN4OS. The first-order chi connectivity index (χ1) is 9.08. The Morgan fingerprint density at radius 3 is 2.74 bits per heavy atom. The Kier molecular flexibility index (Phi) is 4.18. The van der Waals surface area contributed by atoms with Crippen LogP contribution in [0.15, 0.2) is 41.3 Å². The molecule has 0 bridgehead atoms. The highest BCUT2D eigenvalue weighted by Crippen LogP contribution is 2.24. The molecule has 1 amide bonds. The molecule has 2 aromatic rings. The lowest BCUT2D eigenvalue weighted by Gasteiger charge is -2.08. The van der Waals surface area contributed by atoms with E-state index in [1.54, 1.807) is 18.2 Å². The molecule has 1 aromatic heterocycles. The van der Waals surface area contributed by atoms with Gasteiger partial charge in [-0.2, -0.15) is 0 Å². The maximum absolute atomic E-state index is 11.9. The molecule has 0 fully saturated rings. The van der Waals surface area contributed by atoms with Crippen LogP contribution in [0.4, 0.5) is 5.69 Å². The highest BCUT2D eigenvalue weighted by atomic mass is 79.9. The molecule has 1 heterocycles. The largest absolute Gasteiger partial charge is 0.389 e. The molecule has 96 valence electrons. The average molecular weight is 337 g/mol. The second kappa shape index (κ2) is 5.85. The van der Waals surface area contributed by atoms with Gasteiger partial charge in [-0.25, -0.2) is 4.98 Å². The van der Waals surface area contributed by atoms with Gasteiger partial charge in [-0.1, -0.05) is 12.2 Å². The van der Waals surface area contributed by atoms with E-state index in [-0.39, 0.29) is 11.6 Å². The number of aromatic nitrogens is 2. The van der Waals surface area contributed by atoms with Gasteiger partial charge in [-0.3, -0.25) is 9.78 Å². The summed E-state index contributed by atoms with van der Waals surface area (Å²) in [7, 11) is 0. The van der Waals surface area contributed by atoms with Crippen molar-refractivity contribution in [3.05, 3.63) is 52.5 Å². The average Bonchev–Trinajstić information content (AvgIpc) is 2.41. The zero-order valence-corrected chi connectivity index (χ0v) is 12.0. The minimum atomic E-state index is -0.336. The number of benzene rings is 1. The van der Waals surface area contributed by atoms with Gasteiger partial charge in [-0.05, 0) is 34.1 Å². The quantitative estimate of drug-likeness (QED) is 0.839. The topological polar surface area (TPSA) is 80.9 Å². The minimum Gasteiger partial charge on any atom is -0.389 e. The number of thiocarbonyl (C=S) groups is 1. The van der Waals surface area contributed by atoms with Crippen molar-refractivity contribution in [2.24, 2.45) is 5.73 Å². The zero-order chi connectivity index (χ0) is 13.8. The van der Waals surface area contributed by atoms with Gasteiger partial charge in [0.2, 0.25) is 0 Å². The smallest absolute Gasteiger partial charge is 0.275 e. The summed E-state index contributed by atoms with van der Waals surface area (Å²) < 4.78 is 0.690. The fourth-order valence-corrected chi connectivity index (χ4v) is 1.98. The molecule has 7 heteroatoms. The number of hydrogen-bond acceptors (Lipinski definition) is 4. The van der Waals surface area contributed by atoms with Gasteiger partial charge in [0.1, 0.15) is 10.7 Å². The maximum atomic E-state index is 11.9. The first-order valence-corrected chi connectivity index (χ1v) is 6.45. The Morgan fingerprint density at radius 2 is 2.16 bits per heavy atom. The lowest BCUT2D eigenvalue weighted by atomic mass is 10.2. The normalized spacial score (nSPS) is 9.95. The molecule has 0 unspecified atom stereocenters. The Bertz CT molecular complexity index is 633. The lowest BCUT2D eigenvalue weighted by Crippen LogP contribution is -2.15. The monoisotopic (exact) mass is 336 g/mol. The van der Waals surface area contributed by atoms with Gasteiger partial charge in [0.25, 0.3) is 5.91 Å². The van der Waals surface area contributed by atoms with Crippen molar-refractivity contribution in [3.63, 3.8) is 0 Å². The van der Waals surface area contributed by atoms with Crippen molar-refractivity contribution in [2.75, 3.05) is 5.32 Å². The Hall–Kier alpha value is -1.86. The van der Waals surface area contributed by atoms with E-state index in [2.05, 4.69) is 31.2 Å². The zero-order valence-electron chi connectivity index (χ0n) is 9.63. The lowest BCUT2D eigenvalue weighted by molar-refractivity contribution is 0.102. The number of nitrogens with zero attached hydrogens (tertiary/aromatic N) is 2. The molecule has 0 aliphatic heterocycles.